The lowest BCUT2D eigenvalue weighted by Crippen LogP contribution is -2.40. The van der Waals surface area contributed by atoms with E-state index in [1.165, 1.54) is 41.9 Å². The van der Waals surface area contributed by atoms with Crippen molar-refractivity contribution in [1.29, 1.82) is 0 Å². The minimum atomic E-state index is -0.434. The van der Waals surface area contributed by atoms with Gasteiger partial charge < -0.3 is 15.5 Å². The third-order valence-electron chi connectivity index (χ3n) is 5.00. The van der Waals surface area contributed by atoms with E-state index in [-0.39, 0.29) is 0 Å². The summed E-state index contributed by atoms with van der Waals surface area (Å²) in [4.78, 5) is 17.5. The summed E-state index contributed by atoms with van der Waals surface area (Å²) in [5, 5.41) is 10.9. The van der Waals surface area contributed by atoms with Gasteiger partial charge in [-0.3, -0.25) is 10.1 Å². The van der Waals surface area contributed by atoms with Crippen LogP contribution in [0.4, 0.5) is 0 Å². The van der Waals surface area contributed by atoms with E-state index < -0.39 is 4.92 Å². The van der Waals surface area contributed by atoms with Gasteiger partial charge in [0, 0.05) is 40.4 Å². The molecule has 0 aliphatic heterocycles. The van der Waals surface area contributed by atoms with E-state index >= 15 is 0 Å². The summed E-state index contributed by atoms with van der Waals surface area (Å²) >= 11 is 3.75. The van der Waals surface area contributed by atoms with Crippen molar-refractivity contribution in [3.63, 3.8) is 0 Å². The van der Waals surface area contributed by atoms with Gasteiger partial charge in [0.05, 0.1) is 4.92 Å². The Kier molecular flexibility index (Phi) is 10.2. The Morgan fingerprint density at radius 3 is 2.54 bits per heavy atom. The van der Waals surface area contributed by atoms with E-state index in [4.69, 9.17) is 5.73 Å². The maximum Gasteiger partial charge on any atom is 0.274 e. The van der Waals surface area contributed by atoms with Crippen molar-refractivity contribution < 1.29 is 4.92 Å². The number of nitrogens with zero attached hydrogens (tertiary/aromatic N) is 3. The van der Waals surface area contributed by atoms with Gasteiger partial charge >= 0.3 is 0 Å². The first-order valence-corrected chi connectivity index (χ1v) is 12.1. The zero-order valence-corrected chi connectivity index (χ0v) is 18.8. The van der Waals surface area contributed by atoms with Crippen molar-refractivity contribution in [2.24, 2.45) is 5.73 Å². The molecule has 0 amide bonds. The number of nitrogens with two attached hydrogens (primary N) is 1. The lowest BCUT2D eigenvalue weighted by Gasteiger charge is -2.34. The fraction of sp³-hybridized carbons (Fsp3) is 0.700. The summed E-state index contributed by atoms with van der Waals surface area (Å²) in [6.07, 6.45) is 9.31. The Balaban J connectivity index is 1.88. The second-order valence-corrected chi connectivity index (χ2v) is 10.0. The predicted molar refractivity (Wildman–Crippen MR) is 120 cm³/mol. The molecule has 6 nitrogen and oxygen atoms in total. The van der Waals surface area contributed by atoms with Crippen molar-refractivity contribution >= 4 is 23.1 Å². The van der Waals surface area contributed by atoms with Crippen molar-refractivity contribution in [1.82, 2.24) is 9.80 Å². The summed E-state index contributed by atoms with van der Waals surface area (Å²) in [5.74, 6) is 2.21. The number of thiophene rings is 1. The fourth-order valence-corrected chi connectivity index (χ4v) is 5.87. The van der Waals surface area contributed by atoms with Gasteiger partial charge in [-0.05, 0) is 39.1 Å². The largest absolute Gasteiger partial charge is 0.380 e. The smallest absolute Gasteiger partial charge is 0.274 e. The zero-order valence-electron chi connectivity index (χ0n) is 17.1. The summed E-state index contributed by atoms with van der Waals surface area (Å²) in [7, 11) is 4.17. The third-order valence-corrected chi connectivity index (χ3v) is 7.23. The van der Waals surface area contributed by atoms with Gasteiger partial charge in [-0.2, -0.15) is 11.8 Å². The molecule has 0 bridgehead atoms. The molecule has 1 aliphatic carbocycles. The predicted octanol–water partition coefficient (Wildman–Crippen LogP) is 4.49. The second kappa shape index (κ2) is 12.3. The van der Waals surface area contributed by atoms with Gasteiger partial charge in [-0.25, -0.2) is 0 Å². The number of hydrogen-bond donors (Lipinski definition) is 1. The number of nitro groups is 1. The Bertz CT molecular complexity index is 625. The molecule has 0 atom stereocenters. The van der Waals surface area contributed by atoms with Gasteiger partial charge in [-0.1, -0.05) is 32.1 Å². The average Bonchev–Trinajstić information content (AvgIpc) is 3.01. The summed E-state index contributed by atoms with van der Waals surface area (Å²) in [6, 6.07) is 4.74. The van der Waals surface area contributed by atoms with Crippen LogP contribution in [0.3, 0.4) is 0 Å². The van der Waals surface area contributed by atoms with Crippen molar-refractivity contribution in [3.8, 4) is 0 Å². The third kappa shape index (κ3) is 8.41. The van der Waals surface area contributed by atoms with Crippen molar-refractivity contribution in [2.45, 2.75) is 63.3 Å². The Labute approximate surface area is 177 Å². The highest BCUT2D eigenvalue weighted by molar-refractivity contribution is 7.98. The molecule has 0 saturated heterocycles. The zero-order chi connectivity index (χ0) is 20.4. The monoisotopic (exact) mass is 426 g/mol. The van der Waals surface area contributed by atoms with E-state index in [1.54, 1.807) is 0 Å². The molecule has 28 heavy (non-hydrogen) atoms. The molecule has 0 radical (unpaired) electrons. The number of hydrogen-bond acceptors (Lipinski definition) is 7. The average molecular weight is 427 g/mol. The maximum absolute atomic E-state index is 10.9. The Hall–Kier alpha value is -1.25. The van der Waals surface area contributed by atoms with E-state index in [9.17, 15) is 10.1 Å². The van der Waals surface area contributed by atoms with Gasteiger partial charge in [0.25, 0.3) is 6.20 Å². The molecule has 158 valence electrons. The lowest BCUT2D eigenvalue weighted by atomic mass is 9.95. The first-order valence-electron chi connectivity index (χ1n) is 10.1. The van der Waals surface area contributed by atoms with E-state index in [0.717, 1.165) is 43.6 Å². The van der Waals surface area contributed by atoms with E-state index in [0.29, 0.717) is 11.9 Å². The van der Waals surface area contributed by atoms with Crippen molar-refractivity contribution in [3.05, 3.63) is 44.0 Å². The van der Waals surface area contributed by atoms with Crippen LogP contribution in [0.1, 0.15) is 54.7 Å². The highest BCUT2D eigenvalue weighted by atomic mass is 32.2. The van der Waals surface area contributed by atoms with Crippen LogP contribution in [0, 0.1) is 10.1 Å². The first kappa shape index (κ1) is 23.0. The van der Waals surface area contributed by atoms with E-state index in [2.05, 4.69) is 36.0 Å². The molecule has 0 aromatic carbocycles. The highest BCUT2D eigenvalue weighted by Gasteiger charge is 2.21. The van der Waals surface area contributed by atoms with Crippen molar-refractivity contribution in [2.75, 3.05) is 26.4 Å². The molecule has 1 fully saturated rings. The summed E-state index contributed by atoms with van der Waals surface area (Å²) in [5.41, 5.74) is 6.12. The minimum Gasteiger partial charge on any atom is -0.380 e. The Morgan fingerprint density at radius 1 is 1.25 bits per heavy atom. The molecule has 2 N–H and O–H groups in total. The molecule has 2 rings (SSSR count). The van der Waals surface area contributed by atoms with E-state index in [1.807, 2.05) is 23.1 Å². The molecule has 0 unspecified atom stereocenters. The van der Waals surface area contributed by atoms with Crippen LogP contribution < -0.4 is 5.73 Å². The van der Waals surface area contributed by atoms with Gasteiger partial charge in [-0.15, -0.1) is 11.3 Å². The highest BCUT2D eigenvalue weighted by Crippen LogP contribution is 2.25. The molecule has 1 saturated carbocycles. The van der Waals surface area contributed by atoms with Crippen LogP contribution in [0.25, 0.3) is 0 Å². The SMILES string of the molecule is CN(C)Cc1ccc(CSCCN(/C(N)=C/[N+](=O)[O-])C2CCCCCCC2)s1. The molecule has 1 aromatic rings. The molecular formula is C20H34N4O2S2. The van der Waals surface area contributed by atoms with Crippen LogP contribution in [-0.4, -0.2) is 47.2 Å². The number of rotatable bonds is 10. The molecule has 1 aromatic heterocycles. The van der Waals surface area contributed by atoms with Crippen LogP contribution in [0.2, 0.25) is 0 Å². The topological polar surface area (TPSA) is 75.6 Å². The summed E-state index contributed by atoms with van der Waals surface area (Å²) < 4.78 is 0. The maximum atomic E-state index is 10.9. The van der Waals surface area contributed by atoms with Crippen LogP contribution in [0.5, 0.6) is 0 Å². The second-order valence-electron chi connectivity index (χ2n) is 7.69. The molecular weight excluding hydrogens is 392 g/mol. The quantitative estimate of drug-likeness (QED) is 0.337. The van der Waals surface area contributed by atoms with Gasteiger partial charge in [0.15, 0.2) is 5.82 Å². The minimum absolute atomic E-state index is 0.306. The lowest BCUT2D eigenvalue weighted by molar-refractivity contribution is -0.404. The standard InChI is InChI=1S/C20H34N4O2S2/c1-22(2)14-18-10-11-19(28-18)16-27-13-12-23(20(21)15-24(25)26)17-8-6-4-3-5-7-9-17/h10-11,15,17H,3-9,12-14,16,21H2,1-2H3/b20-15+. The van der Waals surface area contributed by atoms with Crippen LogP contribution in [-0.2, 0) is 12.3 Å². The van der Waals surface area contributed by atoms with Crippen LogP contribution in [0.15, 0.2) is 24.2 Å². The molecule has 1 aliphatic rings. The van der Waals surface area contributed by atoms with Gasteiger partial charge in [0.2, 0.25) is 0 Å². The molecule has 8 heteroatoms. The molecule has 1 heterocycles. The Morgan fingerprint density at radius 2 is 1.89 bits per heavy atom. The van der Waals surface area contributed by atoms with Gasteiger partial charge in [0.1, 0.15) is 0 Å². The summed E-state index contributed by atoms with van der Waals surface area (Å²) in [6.45, 7) is 1.74. The fourth-order valence-electron chi connectivity index (χ4n) is 3.68. The van der Waals surface area contributed by atoms with Crippen LogP contribution >= 0.6 is 23.1 Å². The normalized spacial score (nSPS) is 16.8. The molecule has 0 spiro atoms. The first-order chi connectivity index (χ1) is 13.5. The number of thioether (sulfide) groups is 1.